The van der Waals surface area contributed by atoms with Crippen LogP contribution in [0.3, 0.4) is 0 Å². The first-order valence-corrected chi connectivity index (χ1v) is 9.46. The number of halogens is 1. The van der Waals surface area contributed by atoms with Crippen molar-refractivity contribution >= 4 is 41.5 Å². The van der Waals surface area contributed by atoms with Gasteiger partial charge in [0.15, 0.2) is 5.96 Å². The molecule has 29 heavy (non-hydrogen) atoms. The van der Waals surface area contributed by atoms with Gasteiger partial charge in [-0.25, -0.2) is 0 Å². The zero-order valence-corrected chi connectivity index (χ0v) is 19.8. The van der Waals surface area contributed by atoms with Crippen LogP contribution in [0, 0.1) is 5.92 Å². The van der Waals surface area contributed by atoms with Crippen LogP contribution in [-0.2, 0) is 17.9 Å². The Hall–Kier alpha value is -2.29. The number of anilines is 1. The molecule has 0 spiro atoms. The molecule has 2 aromatic carbocycles. The van der Waals surface area contributed by atoms with E-state index in [9.17, 15) is 4.79 Å². The van der Waals surface area contributed by atoms with E-state index in [2.05, 4.69) is 20.9 Å². The number of hydrogen-bond acceptors (Lipinski definition) is 3. The van der Waals surface area contributed by atoms with Crippen LogP contribution in [0.5, 0.6) is 5.75 Å². The van der Waals surface area contributed by atoms with Gasteiger partial charge >= 0.3 is 0 Å². The summed E-state index contributed by atoms with van der Waals surface area (Å²) in [7, 11) is 3.40. The average Bonchev–Trinajstić information content (AvgIpc) is 2.68. The highest BCUT2D eigenvalue weighted by molar-refractivity contribution is 14.0. The van der Waals surface area contributed by atoms with Gasteiger partial charge in [0, 0.05) is 32.2 Å². The number of amides is 1. The highest BCUT2D eigenvalue weighted by atomic mass is 127. The maximum Gasteiger partial charge on any atom is 0.224 e. The molecule has 0 aliphatic rings. The second-order valence-electron chi connectivity index (χ2n) is 6.97. The number of carbonyl (C=O) groups excluding carboxylic acids is 1. The summed E-state index contributed by atoms with van der Waals surface area (Å²) in [6.45, 7) is 5.33. The van der Waals surface area contributed by atoms with E-state index in [0.29, 0.717) is 31.4 Å². The number of carbonyl (C=O) groups is 1. The molecule has 0 aliphatic heterocycles. The number of nitrogens with zero attached hydrogens (tertiary/aromatic N) is 1. The van der Waals surface area contributed by atoms with Crippen molar-refractivity contribution in [3.05, 3.63) is 59.7 Å². The van der Waals surface area contributed by atoms with Crippen molar-refractivity contribution in [2.24, 2.45) is 10.9 Å². The fraction of sp³-hybridized carbons (Fsp3) is 0.364. The quantitative estimate of drug-likeness (QED) is 0.283. The van der Waals surface area contributed by atoms with Crippen molar-refractivity contribution in [1.29, 1.82) is 0 Å². The summed E-state index contributed by atoms with van der Waals surface area (Å²) < 4.78 is 5.17. The highest BCUT2D eigenvalue weighted by Crippen LogP contribution is 2.13. The molecule has 0 aromatic heterocycles. The van der Waals surface area contributed by atoms with Gasteiger partial charge in [0.2, 0.25) is 5.91 Å². The molecule has 3 N–H and O–H groups in total. The minimum absolute atomic E-state index is 0. The van der Waals surface area contributed by atoms with Crippen LogP contribution in [0.15, 0.2) is 53.5 Å². The van der Waals surface area contributed by atoms with E-state index < -0.39 is 0 Å². The fourth-order valence-electron chi connectivity index (χ4n) is 2.68. The van der Waals surface area contributed by atoms with Crippen LogP contribution in [0.2, 0.25) is 0 Å². The van der Waals surface area contributed by atoms with Crippen LogP contribution in [0.25, 0.3) is 0 Å². The Kier molecular flexibility index (Phi) is 11.1. The monoisotopic (exact) mass is 510 g/mol. The second-order valence-corrected chi connectivity index (χ2v) is 6.97. The van der Waals surface area contributed by atoms with Crippen molar-refractivity contribution < 1.29 is 9.53 Å². The lowest BCUT2D eigenvalue weighted by Crippen LogP contribution is -2.36. The molecule has 0 radical (unpaired) electrons. The zero-order chi connectivity index (χ0) is 20.4. The van der Waals surface area contributed by atoms with Crippen LogP contribution >= 0.6 is 24.0 Å². The van der Waals surface area contributed by atoms with Gasteiger partial charge in [-0.3, -0.25) is 9.79 Å². The Morgan fingerprint density at radius 1 is 1.03 bits per heavy atom. The van der Waals surface area contributed by atoms with Crippen LogP contribution in [-0.4, -0.2) is 26.0 Å². The lowest BCUT2D eigenvalue weighted by Gasteiger charge is -2.13. The molecule has 0 unspecified atom stereocenters. The molecule has 158 valence electrons. The van der Waals surface area contributed by atoms with Gasteiger partial charge in [-0.05, 0) is 41.3 Å². The minimum atomic E-state index is 0. The number of benzene rings is 2. The number of guanidine groups is 1. The average molecular weight is 510 g/mol. The maximum atomic E-state index is 11.9. The summed E-state index contributed by atoms with van der Waals surface area (Å²) in [5, 5.41) is 9.53. The number of methoxy groups -OCH3 is 1. The molecular formula is C22H31IN4O2. The third-order valence-electron chi connectivity index (χ3n) is 4.11. The summed E-state index contributed by atoms with van der Waals surface area (Å²) >= 11 is 0. The number of nitrogens with one attached hydrogen (secondary N) is 3. The summed E-state index contributed by atoms with van der Waals surface area (Å²) in [4.78, 5) is 16.2. The lowest BCUT2D eigenvalue weighted by atomic mass is 10.1. The number of rotatable bonds is 8. The zero-order valence-electron chi connectivity index (χ0n) is 17.5. The molecule has 2 rings (SSSR count). The number of aliphatic imine (C=N–C) groups is 1. The van der Waals surface area contributed by atoms with Gasteiger partial charge in [0.05, 0.1) is 7.11 Å². The van der Waals surface area contributed by atoms with E-state index in [4.69, 9.17) is 4.74 Å². The van der Waals surface area contributed by atoms with Crippen LogP contribution < -0.4 is 20.7 Å². The molecule has 0 aliphatic carbocycles. The van der Waals surface area contributed by atoms with Gasteiger partial charge in [-0.1, -0.05) is 38.1 Å². The van der Waals surface area contributed by atoms with Crippen molar-refractivity contribution in [1.82, 2.24) is 10.6 Å². The van der Waals surface area contributed by atoms with E-state index in [1.165, 1.54) is 0 Å². The van der Waals surface area contributed by atoms with Gasteiger partial charge in [0.25, 0.3) is 0 Å². The Morgan fingerprint density at radius 3 is 2.28 bits per heavy atom. The predicted molar refractivity (Wildman–Crippen MR) is 130 cm³/mol. The van der Waals surface area contributed by atoms with Gasteiger partial charge in [-0.2, -0.15) is 0 Å². The molecule has 0 fully saturated rings. The third-order valence-corrected chi connectivity index (χ3v) is 4.11. The number of hydrogen-bond donors (Lipinski definition) is 3. The van der Waals surface area contributed by atoms with Crippen molar-refractivity contribution in [3.63, 3.8) is 0 Å². The first-order chi connectivity index (χ1) is 13.5. The topological polar surface area (TPSA) is 74.8 Å². The SMILES string of the molecule is CN=C(NCc1ccc(OC)cc1)NCc1cccc(NC(=O)CC(C)C)c1.I. The van der Waals surface area contributed by atoms with Gasteiger partial charge < -0.3 is 20.7 Å². The summed E-state index contributed by atoms with van der Waals surface area (Å²) in [6.07, 6.45) is 0.518. The van der Waals surface area contributed by atoms with Gasteiger partial charge in [-0.15, -0.1) is 24.0 Å². The molecule has 6 nitrogen and oxygen atoms in total. The Morgan fingerprint density at radius 2 is 1.69 bits per heavy atom. The van der Waals surface area contributed by atoms with Crippen molar-refractivity contribution in [3.8, 4) is 5.75 Å². The van der Waals surface area contributed by atoms with E-state index in [1.54, 1.807) is 14.2 Å². The molecule has 0 bridgehead atoms. The van der Waals surface area contributed by atoms with Crippen molar-refractivity contribution in [2.75, 3.05) is 19.5 Å². The van der Waals surface area contributed by atoms with E-state index in [0.717, 1.165) is 22.6 Å². The Balaban J connectivity index is 0.00000420. The third kappa shape index (κ3) is 9.17. The molecule has 0 heterocycles. The molecule has 0 saturated carbocycles. The van der Waals surface area contributed by atoms with Gasteiger partial charge in [0.1, 0.15) is 5.75 Å². The molecule has 0 saturated heterocycles. The van der Waals surface area contributed by atoms with Crippen LogP contribution in [0.4, 0.5) is 5.69 Å². The molecule has 0 atom stereocenters. The summed E-state index contributed by atoms with van der Waals surface area (Å²) in [5.74, 6) is 1.93. The molecule has 7 heteroatoms. The van der Waals surface area contributed by atoms with E-state index in [-0.39, 0.29) is 29.9 Å². The summed E-state index contributed by atoms with van der Waals surface area (Å²) in [5.41, 5.74) is 3.01. The lowest BCUT2D eigenvalue weighted by molar-refractivity contribution is -0.116. The second kappa shape index (κ2) is 13.0. The fourth-order valence-corrected chi connectivity index (χ4v) is 2.68. The standard InChI is InChI=1S/C22H30N4O2.HI/c1-16(2)12-21(27)26-19-7-5-6-18(13-19)15-25-22(23-3)24-14-17-8-10-20(28-4)11-9-17;/h5-11,13,16H,12,14-15H2,1-4H3,(H,26,27)(H2,23,24,25);1H. The van der Waals surface area contributed by atoms with E-state index >= 15 is 0 Å². The Bertz CT molecular complexity index is 792. The first-order valence-electron chi connectivity index (χ1n) is 9.46. The van der Waals surface area contributed by atoms with E-state index in [1.807, 2.05) is 62.4 Å². The maximum absolute atomic E-state index is 11.9. The molecule has 2 aromatic rings. The van der Waals surface area contributed by atoms with Crippen molar-refractivity contribution in [2.45, 2.75) is 33.4 Å². The smallest absolute Gasteiger partial charge is 0.224 e. The Labute approximate surface area is 190 Å². The highest BCUT2D eigenvalue weighted by Gasteiger charge is 2.06. The largest absolute Gasteiger partial charge is 0.497 e. The molecule has 1 amide bonds. The van der Waals surface area contributed by atoms with Crippen LogP contribution in [0.1, 0.15) is 31.4 Å². The first kappa shape index (κ1) is 24.7. The number of ether oxygens (including phenoxy) is 1. The summed E-state index contributed by atoms with van der Waals surface area (Å²) in [6, 6.07) is 15.7. The predicted octanol–water partition coefficient (Wildman–Crippen LogP) is 4.16. The molecular weight excluding hydrogens is 479 g/mol. The minimum Gasteiger partial charge on any atom is -0.497 e. The normalized spacial score (nSPS) is 10.9.